The number of nitrogens with one attached hydrogen (secondary N) is 1. The first-order valence-electron chi connectivity index (χ1n) is 6.94. The normalized spacial score (nSPS) is 14.7. The summed E-state index contributed by atoms with van der Waals surface area (Å²) in [4.78, 5) is 22.8. The SMILES string of the molecule is O=C(Nc1cnc(N2CCOCC2)nc1)c1ccc(I)cc1. The molecule has 2 aromatic rings. The first-order chi connectivity index (χ1) is 10.7. The van der Waals surface area contributed by atoms with E-state index in [1.165, 1.54) is 0 Å². The summed E-state index contributed by atoms with van der Waals surface area (Å²) in [7, 11) is 0. The summed E-state index contributed by atoms with van der Waals surface area (Å²) in [6.45, 7) is 2.95. The van der Waals surface area contributed by atoms with Crippen molar-refractivity contribution in [3.63, 3.8) is 0 Å². The Hall–Kier alpha value is -1.74. The van der Waals surface area contributed by atoms with Crippen LogP contribution in [0.2, 0.25) is 0 Å². The molecular weight excluding hydrogens is 395 g/mol. The monoisotopic (exact) mass is 410 g/mol. The number of benzene rings is 1. The molecule has 114 valence electrons. The van der Waals surface area contributed by atoms with E-state index in [2.05, 4.69) is 42.8 Å². The molecule has 1 aromatic heterocycles. The Balaban J connectivity index is 1.65. The van der Waals surface area contributed by atoms with Crippen molar-refractivity contribution in [2.24, 2.45) is 0 Å². The third-order valence-electron chi connectivity index (χ3n) is 3.30. The molecule has 0 bridgehead atoms. The van der Waals surface area contributed by atoms with Crippen molar-refractivity contribution in [3.8, 4) is 0 Å². The minimum absolute atomic E-state index is 0.167. The van der Waals surface area contributed by atoms with E-state index in [-0.39, 0.29) is 5.91 Å². The van der Waals surface area contributed by atoms with E-state index < -0.39 is 0 Å². The second-order valence-electron chi connectivity index (χ2n) is 4.83. The summed E-state index contributed by atoms with van der Waals surface area (Å²) in [5.74, 6) is 0.495. The highest BCUT2D eigenvalue weighted by molar-refractivity contribution is 14.1. The largest absolute Gasteiger partial charge is 0.378 e. The van der Waals surface area contributed by atoms with Gasteiger partial charge in [0.05, 0.1) is 31.3 Å². The first-order valence-corrected chi connectivity index (χ1v) is 8.02. The van der Waals surface area contributed by atoms with E-state index in [0.717, 1.165) is 16.7 Å². The fraction of sp³-hybridized carbons (Fsp3) is 0.267. The van der Waals surface area contributed by atoms with E-state index in [1.807, 2.05) is 12.1 Å². The molecule has 0 saturated carbocycles. The van der Waals surface area contributed by atoms with Gasteiger partial charge in [-0.2, -0.15) is 0 Å². The standard InChI is InChI=1S/C15H15IN4O2/c16-12-3-1-11(2-4-12)14(21)19-13-9-17-15(18-10-13)20-5-7-22-8-6-20/h1-4,9-10H,5-8H2,(H,19,21). The summed E-state index contributed by atoms with van der Waals surface area (Å²) in [5.41, 5.74) is 1.19. The minimum atomic E-state index is -0.167. The van der Waals surface area contributed by atoms with Gasteiger partial charge < -0.3 is 15.0 Å². The zero-order valence-electron chi connectivity index (χ0n) is 11.8. The fourth-order valence-electron chi connectivity index (χ4n) is 2.12. The molecule has 1 aliphatic heterocycles. The molecular formula is C15H15IN4O2. The number of carbonyl (C=O) groups is 1. The number of amides is 1. The summed E-state index contributed by atoms with van der Waals surface area (Å²) in [5, 5.41) is 2.80. The highest BCUT2D eigenvalue weighted by Gasteiger charge is 2.14. The summed E-state index contributed by atoms with van der Waals surface area (Å²) >= 11 is 2.20. The Kier molecular flexibility index (Phi) is 4.84. The number of morpholine rings is 1. The van der Waals surface area contributed by atoms with Crippen molar-refractivity contribution in [3.05, 3.63) is 45.8 Å². The zero-order valence-corrected chi connectivity index (χ0v) is 14.0. The quantitative estimate of drug-likeness (QED) is 0.786. The lowest BCUT2D eigenvalue weighted by atomic mass is 10.2. The van der Waals surface area contributed by atoms with E-state index in [1.54, 1.807) is 24.5 Å². The number of anilines is 2. The Labute approximate surface area is 142 Å². The molecule has 1 N–H and O–H groups in total. The molecule has 2 heterocycles. The first kappa shape index (κ1) is 15.2. The number of aromatic nitrogens is 2. The van der Waals surface area contributed by atoms with E-state index in [4.69, 9.17) is 4.74 Å². The molecule has 1 aliphatic rings. The highest BCUT2D eigenvalue weighted by atomic mass is 127. The van der Waals surface area contributed by atoms with Crippen molar-refractivity contribution >= 4 is 40.1 Å². The lowest BCUT2D eigenvalue weighted by molar-refractivity contribution is 0.102. The van der Waals surface area contributed by atoms with Crippen molar-refractivity contribution in [2.45, 2.75) is 0 Å². The van der Waals surface area contributed by atoms with Crippen LogP contribution in [0.4, 0.5) is 11.6 Å². The molecule has 7 heteroatoms. The highest BCUT2D eigenvalue weighted by Crippen LogP contribution is 2.13. The maximum absolute atomic E-state index is 12.1. The lowest BCUT2D eigenvalue weighted by Gasteiger charge is -2.26. The van der Waals surface area contributed by atoms with Gasteiger partial charge in [0.15, 0.2) is 0 Å². The second-order valence-corrected chi connectivity index (χ2v) is 6.08. The Morgan fingerprint density at radius 2 is 1.77 bits per heavy atom. The average molecular weight is 410 g/mol. The van der Waals surface area contributed by atoms with Crippen LogP contribution in [0, 0.1) is 3.57 Å². The minimum Gasteiger partial charge on any atom is -0.378 e. The molecule has 3 rings (SSSR count). The molecule has 0 spiro atoms. The predicted molar refractivity (Wildman–Crippen MR) is 92.2 cm³/mol. The van der Waals surface area contributed by atoms with Gasteiger partial charge in [0, 0.05) is 22.2 Å². The average Bonchev–Trinajstić information content (AvgIpc) is 2.57. The van der Waals surface area contributed by atoms with Gasteiger partial charge in [0.25, 0.3) is 5.91 Å². The summed E-state index contributed by atoms with van der Waals surface area (Å²) < 4.78 is 6.39. The number of hydrogen-bond acceptors (Lipinski definition) is 5. The van der Waals surface area contributed by atoms with Crippen LogP contribution in [0.25, 0.3) is 0 Å². The van der Waals surface area contributed by atoms with E-state index >= 15 is 0 Å². The maximum atomic E-state index is 12.1. The van der Waals surface area contributed by atoms with Crippen molar-refractivity contribution in [1.29, 1.82) is 0 Å². The zero-order chi connectivity index (χ0) is 15.4. The van der Waals surface area contributed by atoms with E-state index in [9.17, 15) is 4.79 Å². The van der Waals surface area contributed by atoms with Crippen molar-refractivity contribution < 1.29 is 9.53 Å². The summed E-state index contributed by atoms with van der Waals surface area (Å²) in [6.07, 6.45) is 3.25. The molecule has 1 saturated heterocycles. The fourth-order valence-corrected chi connectivity index (χ4v) is 2.48. The molecule has 6 nitrogen and oxygen atoms in total. The van der Waals surface area contributed by atoms with Crippen molar-refractivity contribution in [2.75, 3.05) is 36.5 Å². The van der Waals surface area contributed by atoms with Crippen LogP contribution in [0.15, 0.2) is 36.7 Å². The van der Waals surface area contributed by atoms with E-state index in [0.29, 0.717) is 30.4 Å². The molecule has 1 fully saturated rings. The Morgan fingerprint density at radius 3 is 2.41 bits per heavy atom. The van der Waals surface area contributed by atoms with Crippen molar-refractivity contribution in [1.82, 2.24) is 9.97 Å². The van der Waals surface area contributed by atoms with Gasteiger partial charge in [-0.15, -0.1) is 0 Å². The van der Waals surface area contributed by atoms with Crippen LogP contribution in [-0.2, 0) is 4.74 Å². The van der Waals surface area contributed by atoms with Gasteiger partial charge >= 0.3 is 0 Å². The second kappa shape index (κ2) is 7.01. The van der Waals surface area contributed by atoms with Crippen LogP contribution < -0.4 is 10.2 Å². The third-order valence-corrected chi connectivity index (χ3v) is 4.02. The van der Waals surface area contributed by atoms with Gasteiger partial charge in [0.2, 0.25) is 5.95 Å². The Morgan fingerprint density at radius 1 is 1.14 bits per heavy atom. The van der Waals surface area contributed by atoms with Gasteiger partial charge in [0.1, 0.15) is 0 Å². The number of rotatable bonds is 3. The smallest absolute Gasteiger partial charge is 0.255 e. The van der Waals surface area contributed by atoms with Crippen LogP contribution in [0.1, 0.15) is 10.4 Å². The third kappa shape index (κ3) is 3.72. The predicted octanol–water partition coefficient (Wildman–Crippen LogP) is 2.17. The maximum Gasteiger partial charge on any atom is 0.255 e. The number of ether oxygens (including phenoxy) is 1. The molecule has 1 amide bonds. The lowest BCUT2D eigenvalue weighted by Crippen LogP contribution is -2.37. The van der Waals surface area contributed by atoms with Gasteiger partial charge in [-0.25, -0.2) is 9.97 Å². The number of nitrogens with zero attached hydrogens (tertiary/aromatic N) is 3. The van der Waals surface area contributed by atoms with Crippen LogP contribution >= 0.6 is 22.6 Å². The molecule has 0 radical (unpaired) electrons. The van der Waals surface area contributed by atoms with Gasteiger partial charge in [-0.3, -0.25) is 4.79 Å². The van der Waals surface area contributed by atoms with Gasteiger partial charge in [-0.1, -0.05) is 0 Å². The van der Waals surface area contributed by atoms with Gasteiger partial charge in [-0.05, 0) is 46.9 Å². The molecule has 22 heavy (non-hydrogen) atoms. The molecule has 1 aromatic carbocycles. The van der Waals surface area contributed by atoms with Crippen LogP contribution in [-0.4, -0.2) is 42.2 Å². The number of halogens is 1. The molecule has 0 unspecified atom stereocenters. The molecule has 0 atom stereocenters. The topological polar surface area (TPSA) is 67.4 Å². The summed E-state index contributed by atoms with van der Waals surface area (Å²) in [6, 6.07) is 7.38. The molecule has 0 aliphatic carbocycles. The Bertz CT molecular complexity index is 640. The number of carbonyl (C=O) groups excluding carboxylic acids is 1. The van der Waals surface area contributed by atoms with Crippen LogP contribution in [0.5, 0.6) is 0 Å². The van der Waals surface area contributed by atoms with Crippen LogP contribution in [0.3, 0.4) is 0 Å². The number of hydrogen-bond donors (Lipinski definition) is 1.